The first kappa shape index (κ1) is 9.92. The maximum absolute atomic E-state index is 11.3. The fraction of sp³-hybridized carbons (Fsp3) is 0.400. The lowest BCUT2D eigenvalue weighted by Gasteiger charge is -2.07. The lowest BCUT2D eigenvalue weighted by molar-refractivity contribution is 0.588. The molecule has 0 fully saturated rings. The van der Waals surface area contributed by atoms with Crippen LogP contribution in [-0.2, 0) is 6.54 Å². The molecular weight excluding hydrogens is 192 g/mol. The van der Waals surface area contributed by atoms with E-state index in [1.54, 1.807) is 6.20 Å². The molecule has 2 aromatic heterocycles. The molecule has 80 valence electrons. The normalized spacial score (nSPS) is 11.4. The number of aromatic amines is 2. The van der Waals surface area contributed by atoms with Gasteiger partial charge in [-0.25, -0.2) is 4.98 Å². The second-order valence-corrected chi connectivity index (χ2v) is 3.85. The van der Waals surface area contributed by atoms with Gasteiger partial charge in [-0.15, -0.1) is 0 Å². The van der Waals surface area contributed by atoms with Crippen molar-refractivity contribution in [3.8, 4) is 0 Å². The summed E-state index contributed by atoms with van der Waals surface area (Å²) in [6, 6.07) is 2.28. The van der Waals surface area contributed by atoms with Crippen LogP contribution in [0.4, 0.5) is 0 Å². The summed E-state index contributed by atoms with van der Waals surface area (Å²) < 4.78 is 0. The van der Waals surface area contributed by atoms with E-state index in [1.807, 2.05) is 6.07 Å². The Kier molecular flexibility index (Phi) is 2.55. The van der Waals surface area contributed by atoms with Crippen LogP contribution in [0, 0.1) is 0 Å². The lowest BCUT2D eigenvalue weighted by Crippen LogP contribution is -2.21. The summed E-state index contributed by atoms with van der Waals surface area (Å²) in [7, 11) is 0. The molecule has 0 unspecified atom stereocenters. The van der Waals surface area contributed by atoms with Gasteiger partial charge in [-0.2, -0.15) is 0 Å². The fourth-order valence-corrected chi connectivity index (χ4v) is 1.38. The Morgan fingerprint density at radius 3 is 3.00 bits per heavy atom. The molecule has 2 heterocycles. The summed E-state index contributed by atoms with van der Waals surface area (Å²) in [5.74, 6) is 0. The molecule has 0 aliphatic heterocycles. The van der Waals surface area contributed by atoms with Crippen LogP contribution >= 0.6 is 0 Å². The van der Waals surface area contributed by atoms with E-state index in [2.05, 4.69) is 34.3 Å². The van der Waals surface area contributed by atoms with Crippen molar-refractivity contribution in [1.82, 2.24) is 20.5 Å². The average Bonchev–Trinajstić information content (AvgIpc) is 2.57. The molecular formula is C10H14N4O. The standard InChI is InChI=1S/C10H14N4O/c1-6(2)11-4-7-3-8-9(12-5-7)13-14-10(8)15/h3,5-6,11H,4H2,1-2H3,(H2,12,13,14,15). The van der Waals surface area contributed by atoms with Crippen molar-refractivity contribution >= 4 is 11.0 Å². The quantitative estimate of drug-likeness (QED) is 0.693. The van der Waals surface area contributed by atoms with Crippen molar-refractivity contribution in [2.45, 2.75) is 26.4 Å². The van der Waals surface area contributed by atoms with Crippen molar-refractivity contribution < 1.29 is 0 Å². The minimum atomic E-state index is -0.121. The van der Waals surface area contributed by atoms with Gasteiger partial charge in [-0.1, -0.05) is 13.8 Å². The third kappa shape index (κ3) is 2.07. The molecule has 0 saturated carbocycles. The van der Waals surface area contributed by atoms with Gasteiger partial charge in [0, 0.05) is 18.8 Å². The topological polar surface area (TPSA) is 73.6 Å². The van der Waals surface area contributed by atoms with E-state index < -0.39 is 0 Å². The van der Waals surface area contributed by atoms with Crippen molar-refractivity contribution in [1.29, 1.82) is 0 Å². The largest absolute Gasteiger partial charge is 0.310 e. The van der Waals surface area contributed by atoms with Gasteiger partial charge < -0.3 is 5.32 Å². The maximum Gasteiger partial charge on any atom is 0.273 e. The highest BCUT2D eigenvalue weighted by Gasteiger charge is 2.03. The molecule has 5 nitrogen and oxygen atoms in total. The highest BCUT2D eigenvalue weighted by Crippen LogP contribution is 2.06. The number of hydrogen-bond donors (Lipinski definition) is 3. The molecule has 15 heavy (non-hydrogen) atoms. The first-order valence-corrected chi connectivity index (χ1v) is 4.95. The van der Waals surface area contributed by atoms with Gasteiger partial charge in [-0.3, -0.25) is 15.0 Å². The van der Waals surface area contributed by atoms with E-state index in [9.17, 15) is 4.79 Å². The van der Waals surface area contributed by atoms with Crippen molar-refractivity contribution in [3.63, 3.8) is 0 Å². The number of H-pyrrole nitrogens is 2. The van der Waals surface area contributed by atoms with Crippen LogP contribution in [0.5, 0.6) is 0 Å². The molecule has 0 aliphatic carbocycles. The number of aromatic nitrogens is 3. The van der Waals surface area contributed by atoms with E-state index in [0.29, 0.717) is 17.1 Å². The van der Waals surface area contributed by atoms with E-state index in [0.717, 1.165) is 12.1 Å². The molecule has 0 aliphatic rings. The predicted octanol–water partition coefficient (Wildman–Crippen LogP) is 0.749. The van der Waals surface area contributed by atoms with Crippen LogP contribution in [0.2, 0.25) is 0 Å². The third-order valence-electron chi connectivity index (χ3n) is 2.20. The van der Waals surface area contributed by atoms with Gasteiger partial charge in [0.25, 0.3) is 5.56 Å². The number of nitrogens with zero attached hydrogens (tertiary/aromatic N) is 1. The Morgan fingerprint density at radius 1 is 1.47 bits per heavy atom. The monoisotopic (exact) mass is 206 g/mol. The summed E-state index contributed by atoms with van der Waals surface area (Å²) in [6.45, 7) is 4.88. The molecule has 3 N–H and O–H groups in total. The number of fused-ring (bicyclic) bond motifs is 1. The van der Waals surface area contributed by atoms with Crippen LogP contribution in [0.25, 0.3) is 11.0 Å². The lowest BCUT2D eigenvalue weighted by atomic mass is 10.2. The zero-order valence-corrected chi connectivity index (χ0v) is 8.79. The van der Waals surface area contributed by atoms with Gasteiger partial charge in [0.1, 0.15) is 0 Å². The average molecular weight is 206 g/mol. The first-order chi connectivity index (χ1) is 7.16. The first-order valence-electron chi connectivity index (χ1n) is 4.95. The van der Waals surface area contributed by atoms with Gasteiger partial charge in [0.15, 0.2) is 5.65 Å². The minimum absolute atomic E-state index is 0.121. The van der Waals surface area contributed by atoms with Crippen LogP contribution < -0.4 is 10.9 Å². The summed E-state index contributed by atoms with van der Waals surface area (Å²) in [5.41, 5.74) is 1.50. The summed E-state index contributed by atoms with van der Waals surface area (Å²) in [4.78, 5) is 15.5. The van der Waals surface area contributed by atoms with E-state index in [1.165, 1.54) is 0 Å². The molecule has 0 spiro atoms. The maximum atomic E-state index is 11.3. The summed E-state index contributed by atoms with van der Waals surface area (Å²) in [5, 5.41) is 9.10. The van der Waals surface area contributed by atoms with E-state index in [4.69, 9.17) is 0 Å². The van der Waals surface area contributed by atoms with Crippen molar-refractivity contribution in [2.75, 3.05) is 0 Å². The SMILES string of the molecule is CC(C)NCc1cnc2[nH][nH]c(=O)c2c1. The summed E-state index contributed by atoms with van der Waals surface area (Å²) >= 11 is 0. The Balaban J connectivity index is 2.29. The van der Waals surface area contributed by atoms with Crippen molar-refractivity contribution in [2.24, 2.45) is 0 Å². The second kappa shape index (κ2) is 3.86. The highest BCUT2D eigenvalue weighted by molar-refractivity contribution is 5.73. The van der Waals surface area contributed by atoms with E-state index >= 15 is 0 Å². The Labute approximate surface area is 86.9 Å². The van der Waals surface area contributed by atoms with Crippen molar-refractivity contribution in [3.05, 3.63) is 28.2 Å². The zero-order chi connectivity index (χ0) is 10.8. The molecule has 5 heteroatoms. The molecule has 0 saturated heterocycles. The molecule has 0 aromatic carbocycles. The Morgan fingerprint density at radius 2 is 2.27 bits per heavy atom. The predicted molar refractivity (Wildman–Crippen MR) is 58.7 cm³/mol. The van der Waals surface area contributed by atoms with Gasteiger partial charge in [0.05, 0.1) is 5.39 Å². The van der Waals surface area contributed by atoms with Crippen LogP contribution in [0.3, 0.4) is 0 Å². The molecule has 0 amide bonds. The van der Waals surface area contributed by atoms with Gasteiger partial charge in [0.2, 0.25) is 0 Å². The molecule has 0 bridgehead atoms. The minimum Gasteiger partial charge on any atom is -0.310 e. The number of pyridine rings is 1. The Bertz CT molecular complexity index is 511. The Hall–Kier alpha value is -1.62. The van der Waals surface area contributed by atoms with Crippen LogP contribution in [-0.4, -0.2) is 21.2 Å². The fourth-order valence-electron chi connectivity index (χ4n) is 1.38. The molecule has 2 aromatic rings. The molecule has 2 rings (SSSR count). The van der Waals surface area contributed by atoms with Gasteiger partial charge in [-0.05, 0) is 11.6 Å². The van der Waals surface area contributed by atoms with Crippen LogP contribution in [0.1, 0.15) is 19.4 Å². The third-order valence-corrected chi connectivity index (χ3v) is 2.20. The zero-order valence-electron chi connectivity index (χ0n) is 8.79. The van der Waals surface area contributed by atoms with Crippen LogP contribution in [0.15, 0.2) is 17.1 Å². The molecule has 0 atom stereocenters. The molecule has 0 radical (unpaired) electrons. The highest BCUT2D eigenvalue weighted by atomic mass is 16.1. The smallest absolute Gasteiger partial charge is 0.273 e. The number of nitrogens with one attached hydrogen (secondary N) is 3. The summed E-state index contributed by atoms with van der Waals surface area (Å²) in [6.07, 6.45) is 1.77. The van der Waals surface area contributed by atoms with E-state index in [-0.39, 0.29) is 5.56 Å². The second-order valence-electron chi connectivity index (χ2n) is 3.85. The number of rotatable bonds is 3. The van der Waals surface area contributed by atoms with Gasteiger partial charge >= 0.3 is 0 Å². The number of hydrogen-bond acceptors (Lipinski definition) is 3.